The average molecular weight is 241 g/mol. The van der Waals surface area contributed by atoms with Gasteiger partial charge in [0.25, 0.3) is 0 Å². The summed E-state index contributed by atoms with van der Waals surface area (Å²) in [6, 6.07) is 10.7. The Morgan fingerprint density at radius 2 is 2.19 bits per heavy atom. The third kappa shape index (κ3) is 4.30. The molecular weight excluding hydrogens is 225 g/mol. The molecule has 80 valence electrons. The molecule has 0 saturated heterocycles. The largest absolute Gasteiger partial charge is 1.00 e. The van der Waals surface area contributed by atoms with Crippen LogP contribution in [0.2, 0.25) is 0 Å². The molecule has 0 spiro atoms. The van der Waals surface area contributed by atoms with E-state index in [1.165, 1.54) is 12.8 Å². The summed E-state index contributed by atoms with van der Waals surface area (Å²) in [6.45, 7) is 0.632. The Morgan fingerprint density at radius 3 is 2.81 bits per heavy atom. The van der Waals surface area contributed by atoms with E-state index in [0.717, 1.165) is 18.4 Å². The zero-order valence-corrected chi connectivity index (χ0v) is 13.0. The summed E-state index contributed by atoms with van der Waals surface area (Å²) in [5, 5.41) is 2.98. The van der Waals surface area contributed by atoms with E-state index >= 15 is 0 Å². The van der Waals surface area contributed by atoms with Crippen molar-refractivity contribution in [3.05, 3.63) is 35.9 Å². The summed E-state index contributed by atoms with van der Waals surface area (Å²) in [6.07, 6.45) is 4.54. The molecule has 0 bridgehead atoms. The van der Waals surface area contributed by atoms with Gasteiger partial charge in [-0.25, -0.2) is 0 Å². The van der Waals surface area contributed by atoms with Crippen LogP contribution < -0.4 is 56.7 Å². The minimum atomic E-state index is 0. The molecule has 1 amide bonds. The Labute approximate surface area is 140 Å². The molecule has 2 nitrogen and oxygen atoms in total. The maximum Gasteiger partial charge on any atom is 1.00 e. The summed E-state index contributed by atoms with van der Waals surface area (Å²) >= 11 is 0. The smallest absolute Gasteiger partial charge is 0.363 e. The van der Waals surface area contributed by atoms with Crippen LogP contribution in [-0.4, -0.2) is 5.91 Å². The van der Waals surface area contributed by atoms with Crippen LogP contribution in [-0.2, 0) is 11.3 Å². The van der Waals surface area contributed by atoms with Gasteiger partial charge < -0.3 is 5.32 Å². The molecule has 16 heavy (non-hydrogen) atoms. The van der Waals surface area contributed by atoms with Gasteiger partial charge in [-0.2, -0.15) is 30.3 Å². The maximum absolute atomic E-state index is 11.7. The van der Waals surface area contributed by atoms with Gasteiger partial charge in [-0.15, -0.1) is 5.56 Å². The molecule has 1 N–H and O–H groups in total. The number of rotatable bonds is 3. The number of carbonyl (C=O) groups is 1. The van der Waals surface area contributed by atoms with Crippen molar-refractivity contribution in [3.63, 3.8) is 0 Å². The summed E-state index contributed by atoms with van der Waals surface area (Å²) in [5.74, 6) is 0.481. The predicted molar refractivity (Wildman–Crippen MR) is 59.1 cm³/mol. The third-order valence-corrected chi connectivity index (χ3v) is 2.96. The molecule has 0 atom stereocenters. The van der Waals surface area contributed by atoms with E-state index in [-0.39, 0.29) is 63.2 Å². The predicted octanol–water partition coefficient (Wildman–Crippen LogP) is -0.703. The molecule has 0 unspecified atom stereocenters. The average Bonchev–Trinajstić information content (AvgIpc) is 2.81. The van der Waals surface area contributed by atoms with Crippen molar-refractivity contribution in [2.75, 3.05) is 0 Å². The second-order valence-corrected chi connectivity index (χ2v) is 4.11. The number of hydrogen-bond donors (Lipinski definition) is 1. The van der Waals surface area contributed by atoms with Gasteiger partial charge in [-0.05, 0) is 19.4 Å². The van der Waals surface area contributed by atoms with Crippen LogP contribution >= 0.6 is 0 Å². The monoisotopic (exact) mass is 241 g/mol. The Morgan fingerprint density at radius 1 is 1.44 bits per heavy atom. The summed E-state index contributed by atoms with van der Waals surface area (Å²) in [4.78, 5) is 11.7. The molecule has 1 aliphatic rings. The summed E-state index contributed by atoms with van der Waals surface area (Å²) in [7, 11) is 0. The fourth-order valence-corrected chi connectivity index (χ4v) is 2.06. The quantitative estimate of drug-likeness (QED) is 0.550. The molecule has 1 saturated carbocycles. The first kappa shape index (κ1) is 14.4. The van der Waals surface area contributed by atoms with E-state index in [0.29, 0.717) is 6.54 Å². The molecule has 0 aromatic heterocycles. The number of hydrogen-bond acceptors (Lipinski definition) is 1. The Bertz CT molecular complexity index is 320. The molecule has 3 heteroatoms. The van der Waals surface area contributed by atoms with Crippen LogP contribution in [0.1, 0.15) is 31.2 Å². The summed E-state index contributed by atoms with van der Waals surface area (Å²) < 4.78 is 0. The molecule has 0 heterocycles. The molecule has 2 rings (SSSR count). The molecule has 1 aliphatic carbocycles. The van der Waals surface area contributed by atoms with Crippen LogP contribution in [0.25, 0.3) is 0 Å². The van der Waals surface area contributed by atoms with Crippen LogP contribution in [0.3, 0.4) is 0 Å². The number of amides is 1. The Hall–Kier alpha value is 0.326. The van der Waals surface area contributed by atoms with Gasteiger partial charge in [-0.3, -0.25) is 4.79 Å². The van der Waals surface area contributed by atoms with Gasteiger partial charge in [0.15, 0.2) is 0 Å². The third-order valence-electron chi connectivity index (χ3n) is 2.96. The van der Waals surface area contributed by atoms with Crippen molar-refractivity contribution in [2.45, 2.75) is 32.2 Å². The normalized spacial score (nSPS) is 15.5. The van der Waals surface area contributed by atoms with Gasteiger partial charge in [0, 0.05) is 5.92 Å². The van der Waals surface area contributed by atoms with E-state index in [9.17, 15) is 4.79 Å². The van der Waals surface area contributed by atoms with E-state index in [1.54, 1.807) is 0 Å². The molecule has 0 radical (unpaired) electrons. The molecule has 1 fully saturated rings. The SMILES string of the molecule is O=C(NCc1c[c-]ccc1)C1CCCC1.[K+]. The molecular formula is C13H16KNO. The van der Waals surface area contributed by atoms with E-state index in [1.807, 2.05) is 24.3 Å². The van der Waals surface area contributed by atoms with Crippen LogP contribution in [0, 0.1) is 12.0 Å². The van der Waals surface area contributed by atoms with Crippen molar-refractivity contribution in [1.29, 1.82) is 0 Å². The maximum atomic E-state index is 11.7. The minimum Gasteiger partial charge on any atom is -0.363 e. The number of carbonyl (C=O) groups excluding carboxylic acids is 1. The van der Waals surface area contributed by atoms with E-state index < -0.39 is 0 Å². The van der Waals surface area contributed by atoms with Gasteiger partial charge in [-0.1, -0.05) is 12.8 Å². The van der Waals surface area contributed by atoms with Crippen molar-refractivity contribution < 1.29 is 56.2 Å². The second-order valence-electron chi connectivity index (χ2n) is 4.11. The zero-order valence-electron chi connectivity index (χ0n) is 9.83. The van der Waals surface area contributed by atoms with Gasteiger partial charge in [0.2, 0.25) is 5.91 Å². The molecule has 0 aliphatic heterocycles. The summed E-state index contributed by atoms with van der Waals surface area (Å²) in [5.41, 5.74) is 1.11. The second kappa shape index (κ2) is 7.61. The number of nitrogens with one attached hydrogen (secondary N) is 1. The Balaban J connectivity index is 0.00000128. The van der Waals surface area contributed by atoms with Gasteiger partial charge in [0.05, 0.1) is 0 Å². The fraction of sp³-hybridized carbons (Fsp3) is 0.462. The Kier molecular flexibility index (Phi) is 6.85. The molecule has 1 aromatic carbocycles. The standard InChI is InChI=1S/C13H16NO.K/c15-13(12-8-4-5-9-12)14-10-11-6-2-1-3-7-11;/h1-2,6-7,12H,4-5,8-10H2,(H,14,15);/q-1;+1. The van der Waals surface area contributed by atoms with E-state index in [2.05, 4.69) is 11.4 Å². The van der Waals surface area contributed by atoms with Crippen LogP contribution in [0.15, 0.2) is 24.3 Å². The fourth-order valence-electron chi connectivity index (χ4n) is 2.06. The van der Waals surface area contributed by atoms with Crippen LogP contribution in [0.4, 0.5) is 0 Å². The van der Waals surface area contributed by atoms with Crippen molar-refractivity contribution in [3.8, 4) is 0 Å². The molecule has 1 aromatic rings. The topological polar surface area (TPSA) is 29.1 Å². The van der Waals surface area contributed by atoms with Gasteiger partial charge >= 0.3 is 51.4 Å². The minimum absolute atomic E-state index is 0. The van der Waals surface area contributed by atoms with Crippen molar-refractivity contribution >= 4 is 5.91 Å². The first-order valence-corrected chi connectivity index (χ1v) is 5.59. The van der Waals surface area contributed by atoms with E-state index in [4.69, 9.17) is 0 Å². The van der Waals surface area contributed by atoms with Crippen molar-refractivity contribution in [2.24, 2.45) is 5.92 Å². The first-order valence-electron chi connectivity index (χ1n) is 5.59. The number of benzene rings is 1. The van der Waals surface area contributed by atoms with Crippen molar-refractivity contribution in [1.82, 2.24) is 5.32 Å². The zero-order chi connectivity index (χ0) is 10.5. The first-order chi connectivity index (χ1) is 7.36. The van der Waals surface area contributed by atoms with Crippen LogP contribution in [0.5, 0.6) is 0 Å². The van der Waals surface area contributed by atoms with Gasteiger partial charge in [0.1, 0.15) is 0 Å².